The topological polar surface area (TPSA) is 62.1 Å². The lowest BCUT2D eigenvalue weighted by atomic mass is 9.74. The zero-order valence-electron chi connectivity index (χ0n) is 18.8. The van der Waals surface area contributed by atoms with E-state index in [-0.39, 0.29) is 17.7 Å². The predicted molar refractivity (Wildman–Crippen MR) is 126 cm³/mol. The first kappa shape index (κ1) is 24.5. The van der Waals surface area contributed by atoms with Crippen molar-refractivity contribution in [2.75, 3.05) is 0 Å². The molecule has 0 radical (unpaired) electrons. The lowest BCUT2D eigenvalue weighted by Gasteiger charge is -2.43. The molecule has 6 nitrogen and oxygen atoms in total. The number of halogens is 1. The molecule has 0 spiro atoms. The molecule has 9 heteroatoms. The molecule has 2 aromatic rings. The van der Waals surface area contributed by atoms with Crippen molar-refractivity contribution in [3.8, 4) is 0 Å². The maximum Gasteiger partial charge on any atom is 0.165 e. The van der Waals surface area contributed by atoms with Crippen molar-refractivity contribution in [1.82, 2.24) is 19.5 Å². The Morgan fingerprint density at radius 3 is 2.41 bits per heavy atom. The Labute approximate surface area is 185 Å². The average molecular weight is 457 g/mol. The minimum atomic E-state index is -0.564. The van der Waals surface area contributed by atoms with Gasteiger partial charge in [-0.2, -0.15) is 0 Å². The molecule has 0 fully saturated rings. The first-order valence-corrected chi connectivity index (χ1v) is 15.3. The molecular weight excluding hydrogens is 420 g/mol. The summed E-state index contributed by atoms with van der Waals surface area (Å²) in [5.41, 5.74) is 1.35. The molecule has 0 aliphatic heterocycles. The molecule has 0 saturated carbocycles. The molecular formula is C20H37ClN4O2Si2. The van der Waals surface area contributed by atoms with Crippen LogP contribution >= 0.6 is 11.6 Å². The van der Waals surface area contributed by atoms with Gasteiger partial charge in [0.1, 0.15) is 18.1 Å². The Kier molecular flexibility index (Phi) is 9.74. The van der Waals surface area contributed by atoms with Crippen LogP contribution in [0.5, 0.6) is 0 Å². The van der Waals surface area contributed by atoms with E-state index < -0.39 is 19.5 Å². The van der Waals surface area contributed by atoms with Crippen LogP contribution in [0.1, 0.15) is 65.8 Å². The lowest BCUT2D eigenvalue weighted by molar-refractivity contribution is -0.110. The first-order chi connectivity index (χ1) is 13.9. The molecule has 164 valence electrons. The largest absolute Gasteiger partial charge is 0.400 e. The molecule has 2 rings (SSSR count). The zero-order chi connectivity index (χ0) is 21.4. The summed E-state index contributed by atoms with van der Waals surface area (Å²) in [7, 11) is -1.13. The second-order valence-electron chi connectivity index (χ2n) is 8.26. The monoisotopic (exact) mass is 456 g/mol. The summed E-state index contributed by atoms with van der Waals surface area (Å²) < 4.78 is 14.5. The standard InChI is InChI=1S/C20H37ClN4O2Si2/c1-7-8-9-10-11-15(14(2)20(3,4)19(26-28-5)27-29-6)25-13-24-16-17(21)22-12-23-18(16)25/h12-15,19H,7-11,28-29H2,1-6H3/t14-,15+/m1/s1. The number of fused-ring (bicyclic) bond motifs is 1. The predicted octanol–water partition coefficient (Wildman–Crippen LogP) is 4.28. The highest BCUT2D eigenvalue weighted by Crippen LogP contribution is 2.42. The Balaban J connectivity index is 2.39. The third-order valence-corrected chi connectivity index (χ3v) is 7.57. The van der Waals surface area contributed by atoms with Crippen molar-refractivity contribution in [3.63, 3.8) is 0 Å². The van der Waals surface area contributed by atoms with Crippen molar-refractivity contribution < 1.29 is 8.85 Å². The fourth-order valence-corrected chi connectivity index (χ4v) is 5.99. The molecule has 0 saturated heterocycles. The molecule has 0 aliphatic rings. The highest BCUT2D eigenvalue weighted by Gasteiger charge is 2.40. The quantitative estimate of drug-likeness (QED) is 0.195. The van der Waals surface area contributed by atoms with Gasteiger partial charge in [0.25, 0.3) is 0 Å². The number of unbranched alkanes of at least 4 members (excludes halogenated alkanes) is 3. The summed E-state index contributed by atoms with van der Waals surface area (Å²) in [6, 6.07) is 0.240. The lowest BCUT2D eigenvalue weighted by Crippen LogP contribution is -2.43. The van der Waals surface area contributed by atoms with E-state index in [0.717, 1.165) is 12.1 Å². The fourth-order valence-electron chi connectivity index (χ4n) is 3.97. The van der Waals surface area contributed by atoms with Crippen molar-refractivity contribution in [2.24, 2.45) is 11.3 Å². The van der Waals surface area contributed by atoms with E-state index in [0.29, 0.717) is 16.6 Å². The number of hydrogen-bond donors (Lipinski definition) is 0. The molecule has 2 aromatic heterocycles. The Hall–Kier alpha value is -0.806. The summed E-state index contributed by atoms with van der Waals surface area (Å²) in [5.74, 6) is 0.307. The number of rotatable bonds is 13. The van der Waals surface area contributed by atoms with Gasteiger partial charge in [0.15, 0.2) is 30.3 Å². The molecule has 0 aliphatic carbocycles. The van der Waals surface area contributed by atoms with Gasteiger partial charge in [0.05, 0.1) is 6.33 Å². The fraction of sp³-hybridized carbons (Fsp3) is 0.750. The van der Waals surface area contributed by atoms with Crippen LogP contribution < -0.4 is 0 Å². The minimum absolute atomic E-state index is 0.130. The van der Waals surface area contributed by atoms with Gasteiger partial charge < -0.3 is 13.4 Å². The summed E-state index contributed by atoms with van der Waals surface area (Å²) >= 11 is 6.27. The van der Waals surface area contributed by atoms with Gasteiger partial charge in [-0.1, -0.05) is 78.1 Å². The van der Waals surface area contributed by atoms with Crippen LogP contribution in [0.15, 0.2) is 12.7 Å². The summed E-state index contributed by atoms with van der Waals surface area (Å²) in [5, 5.41) is 0.406. The number of nitrogens with zero attached hydrogens (tertiary/aromatic N) is 4. The highest BCUT2D eigenvalue weighted by atomic mass is 35.5. The first-order valence-electron chi connectivity index (χ1n) is 10.9. The minimum Gasteiger partial charge on any atom is -0.400 e. The van der Waals surface area contributed by atoms with Crippen molar-refractivity contribution >= 4 is 42.3 Å². The maximum absolute atomic E-state index is 6.27. The Morgan fingerprint density at radius 2 is 1.79 bits per heavy atom. The van der Waals surface area contributed by atoms with Crippen molar-refractivity contribution in [1.29, 1.82) is 0 Å². The number of hydrogen-bond acceptors (Lipinski definition) is 5. The van der Waals surface area contributed by atoms with Crippen LogP contribution in [0.25, 0.3) is 11.2 Å². The van der Waals surface area contributed by atoms with Crippen molar-refractivity contribution in [2.45, 2.75) is 85.2 Å². The van der Waals surface area contributed by atoms with Crippen LogP contribution in [0.4, 0.5) is 0 Å². The molecule has 0 N–H and O–H groups in total. The molecule has 2 heterocycles. The Morgan fingerprint density at radius 1 is 1.10 bits per heavy atom. The molecule has 2 atom stereocenters. The van der Waals surface area contributed by atoms with Gasteiger partial charge in [-0.05, 0) is 12.3 Å². The van der Waals surface area contributed by atoms with Gasteiger partial charge in [-0.25, -0.2) is 15.0 Å². The summed E-state index contributed by atoms with van der Waals surface area (Å²) in [6.45, 7) is 13.4. The number of aromatic nitrogens is 4. The van der Waals surface area contributed by atoms with Gasteiger partial charge in [0, 0.05) is 11.5 Å². The van der Waals surface area contributed by atoms with Gasteiger partial charge in [-0.3, -0.25) is 0 Å². The van der Waals surface area contributed by atoms with Gasteiger partial charge in [-0.15, -0.1) is 0 Å². The summed E-state index contributed by atoms with van der Waals surface area (Å²) in [6.07, 6.45) is 9.23. The third-order valence-electron chi connectivity index (χ3n) is 6.02. The van der Waals surface area contributed by atoms with Crippen LogP contribution in [0, 0.1) is 11.3 Å². The maximum atomic E-state index is 6.27. The molecule has 0 bridgehead atoms. The smallest absolute Gasteiger partial charge is 0.165 e. The SMILES string of the molecule is CCCCCC[C@@H]([C@@H](C)C(C)(C)C(O[SiH2]C)O[SiH2]C)n1cnc2c(Cl)ncnc21. The highest BCUT2D eigenvalue weighted by molar-refractivity contribution is 6.33. The van der Waals surface area contributed by atoms with Crippen LogP contribution in [-0.4, -0.2) is 45.3 Å². The number of imidazole rings is 1. The van der Waals surface area contributed by atoms with Crippen LogP contribution in [0.3, 0.4) is 0 Å². The molecule has 0 aromatic carbocycles. The van der Waals surface area contributed by atoms with Gasteiger partial charge >= 0.3 is 0 Å². The molecule has 0 amide bonds. The van der Waals surface area contributed by atoms with E-state index in [9.17, 15) is 0 Å². The van der Waals surface area contributed by atoms with Gasteiger partial charge in [0.2, 0.25) is 0 Å². The third kappa shape index (κ3) is 5.88. The second-order valence-corrected chi connectivity index (χ2v) is 10.4. The van der Waals surface area contributed by atoms with E-state index in [4.69, 9.17) is 20.5 Å². The van der Waals surface area contributed by atoms with E-state index >= 15 is 0 Å². The molecule has 29 heavy (non-hydrogen) atoms. The van der Waals surface area contributed by atoms with Crippen molar-refractivity contribution in [3.05, 3.63) is 17.8 Å². The van der Waals surface area contributed by atoms with E-state index in [1.54, 1.807) is 0 Å². The van der Waals surface area contributed by atoms with Crippen LogP contribution in [0.2, 0.25) is 18.2 Å². The van der Waals surface area contributed by atoms with E-state index in [1.807, 2.05) is 6.33 Å². The van der Waals surface area contributed by atoms with Crippen LogP contribution in [-0.2, 0) is 8.85 Å². The van der Waals surface area contributed by atoms with E-state index in [1.165, 1.54) is 32.0 Å². The summed E-state index contributed by atoms with van der Waals surface area (Å²) in [4.78, 5) is 13.1. The zero-order valence-corrected chi connectivity index (χ0v) is 22.4. The normalized spacial score (nSPS) is 16.4. The Bertz CT molecular complexity index is 753. The second kappa shape index (κ2) is 11.5. The molecule has 0 unspecified atom stereocenters. The average Bonchev–Trinajstić information content (AvgIpc) is 3.12. The van der Waals surface area contributed by atoms with E-state index in [2.05, 4.69) is 60.3 Å².